The Balaban J connectivity index is 1.38. The lowest BCUT2D eigenvalue weighted by Crippen LogP contribution is -2.38. The summed E-state index contributed by atoms with van der Waals surface area (Å²) >= 11 is 1.52. The average molecular weight is 370 g/mol. The molecule has 0 bridgehead atoms. The normalized spacial score (nSPS) is 23.0. The molecule has 0 saturated carbocycles. The number of rotatable bonds is 4. The van der Waals surface area contributed by atoms with Crippen LogP contribution in [0.5, 0.6) is 0 Å². The fourth-order valence-corrected chi connectivity index (χ4v) is 5.17. The Labute approximate surface area is 159 Å². The van der Waals surface area contributed by atoms with Crippen LogP contribution in [0, 0.1) is 11.8 Å². The van der Waals surface area contributed by atoms with Crippen LogP contribution in [0.4, 0.5) is 5.13 Å². The van der Waals surface area contributed by atoms with Crippen molar-refractivity contribution in [3.8, 4) is 0 Å². The second-order valence-electron chi connectivity index (χ2n) is 8.08. The van der Waals surface area contributed by atoms with E-state index in [0.29, 0.717) is 5.13 Å². The number of aryl methyl sites for hydroxylation is 2. The fraction of sp³-hybridized carbons (Fsp3) is 0.524. The van der Waals surface area contributed by atoms with E-state index in [2.05, 4.69) is 40.5 Å². The number of hydrogen-bond acceptors (Lipinski definition) is 4. The molecule has 4 nitrogen and oxygen atoms in total. The lowest BCUT2D eigenvalue weighted by atomic mass is 9.92. The first kappa shape index (κ1) is 17.7. The molecule has 0 spiro atoms. The summed E-state index contributed by atoms with van der Waals surface area (Å²) in [7, 11) is 0. The van der Waals surface area contributed by atoms with Crippen molar-refractivity contribution in [2.45, 2.75) is 46.1 Å². The van der Waals surface area contributed by atoms with Crippen molar-refractivity contribution >= 4 is 22.4 Å². The van der Waals surface area contributed by atoms with Crippen molar-refractivity contribution in [3.05, 3.63) is 46.0 Å². The first-order chi connectivity index (χ1) is 12.6. The molecule has 1 amide bonds. The van der Waals surface area contributed by atoms with Gasteiger partial charge < -0.3 is 0 Å². The molecular weight excluding hydrogens is 342 g/mol. The molecule has 1 fully saturated rings. The second-order valence-corrected chi connectivity index (χ2v) is 8.93. The highest BCUT2D eigenvalue weighted by Crippen LogP contribution is 2.25. The molecule has 1 aromatic carbocycles. The molecule has 1 aliphatic carbocycles. The van der Waals surface area contributed by atoms with E-state index >= 15 is 0 Å². The first-order valence-corrected chi connectivity index (χ1v) is 10.5. The summed E-state index contributed by atoms with van der Waals surface area (Å²) in [6, 6.07) is 6.08. The van der Waals surface area contributed by atoms with Gasteiger partial charge in [-0.3, -0.25) is 15.0 Å². The summed E-state index contributed by atoms with van der Waals surface area (Å²) < 4.78 is 0. The Morgan fingerprint density at radius 2 is 2.00 bits per heavy atom. The van der Waals surface area contributed by atoms with Gasteiger partial charge in [-0.25, -0.2) is 4.98 Å². The molecule has 26 heavy (non-hydrogen) atoms. The zero-order valence-corrected chi connectivity index (χ0v) is 16.4. The second kappa shape index (κ2) is 7.49. The number of fused-ring (bicyclic) bond motifs is 1. The highest BCUT2D eigenvalue weighted by atomic mass is 32.1. The number of anilines is 1. The van der Waals surface area contributed by atoms with E-state index < -0.39 is 0 Å². The summed E-state index contributed by atoms with van der Waals surface area (Å²) in [6.45, 7) is 7.80. The van der Waals surface area contributed by atoms with Crippen LogP contribution in [-0.4, -0.2) is 28.9 Å². The molecule has 2 aromatic rings. The van der Waals surface area contributed by atoms with Crippen LogP contribution < -0.4 is 5.32 Å². The maximum absolute atomic E-state index is 12.5. The number of carbonyl (C=O) groups excluding carboxylic acids is 1. The fourth-order valence-electron chi connectivity index (χ4n) is 4.47. The first-order valence-electron chi connectivity index (χ1n) is 9.66. The molecule has 2 aliphatic rings. The SMILES string of the molecule is CC1CC(C)CN(Cc2csc(NC(=O)c3ccc4c(c3)CCC4)n2)C1. The summed E-state index contributed by atoms with van der Waals surface area (Å²) in [5, 5.41) is 5.74. The maximum atomic E-state index is 12.5. The van der Waals surface area contributed by atoms with Crippen LogP contribution in [0.1, 0.15) is 53.9 Å². The Bertz CT molecular complexity index is 790. The van der Waals surface area contributed by atoms with E-state index in [-0.39, 0.29) is 5.91 Å². The molecule has 1 N–H and O–H groups in total. The minimum absolute atomic E-state index is 0.0548. The van der Waals surface area contributed by atoms with E-state index in [1.54, 1.807) is 0 Å². The molecule has 0 radical (unpaired) electrons. The van der Waals surface area contributed by atoms with Gasteiger partial charge >= 0.3 is 0 Å². The standard InChI is InChI=1S/C21H27N3OS/c1-14-8-15(2)11-24(10-14)12-19-13-26-21(22-19)23-20(25)18-7-6-16-4-3-5-17(16)9-18/h6-7,9,13-15H,3-5,8,10-12H2,1-2H3,(H,22,23,25). The van der Waals surface area contributed by atoms with Crippen LogP contribution in [-0.2, 0) is 19.4 Å². The number of amides is 1. The third kappa shape index (κ3) is 3.99. The van der Waals surface area contributed by atoms with E-state index in [1.807, 2.05) is 12.1 Å². The number of likely N-dealkylation sites (tertiary alicyclic amines) is 1. The Kier molecular flexibility index (Phi) is 5.09. The van der Waals surface area contributed by atoms with Gasteiger partial charge in [0.25, 0.3) is 5.91 Å². The van der Waals surface area contributed by atoms with Gasteiger partial charge in [-0.15, -0.1) is 11.3 Å². The average Bonchev–Trinajstić information content (AvgIpc) is 3.22. The lowest BCUT2D eigenvalue weighted by molar-refractivity contribution is 0.102. The van der Waals surface area contributed by atoms with Gasteiger partial charge in [0.15, 0.2) is 5.13 Å². The smallest absolute Gasteiger partial charge is 0.257 e. The largest absolute Gasteiger partial charge is 0.298 e. The van der Waals surface area contributed by atoms with Gasteiger partial charge in [-0.1, -0.05) is 19.9 Å². The van der Waals surface area contributed by atoms with E-state index in [9.17, 15) is 4.79 Å². The third-order valence-corrected chi connectivity index (χ3v) is 6.27. The predicted octanol–water partition coefficient (Wildman–Crippen LogP) is 4.36. The van der Waals surface area contributed by atoms with Gasteiger partial charge in [0.2, 0.25) is 0 Å². The number of nitrogens with zero attached hydrogens (tertiary/aromatic N) is 2. The molecule has 2 heterocycles. The van der Waals surface area contributed by atoms with Crippen molar-refractivity contribution in [2.75, 3.05) is 18.4 Å². The summed E-state index contributed by atoms with van der Waals surface area (Å²) in [5.41, 5.74) is 4.51. The van der Waals surface area contributed by atoms with Crippen molar-refractivity contribution in [3.63, 3.8) is 0 Å². The number of hydrogen-bond donors (Lipinski definition) is 1. The van der Waals surface area contributed by atoms with Crippen molar-refractivity contribution < 1.29 is 4.79 Å². The number of nitrogens with one attached hydrogen (secondary N) is 1. The van der Waals surface area contributed by atoms with Crippen LogP contribution in [0.2, 0.25) is 0 Å². The van der Waals surface area contributed by atoms with Crippen molar-refractivity contribution in [2.24, 2.45) is 11.8 Å². The Hall–Kier alpha value is -1.72. The van der Waals surface area contributed by atoms with Gasteiger partial charge in [0.05, 0.1) is 5.69 Å². The van der Waals surface area contributed by atoms with Crippen LogP contribution in [0.15, 0.2) is 23.6 Å². The molecule has 138 valence electrons. The maximum Gasteiger partial charge on any atom is 0.257 e. The molecular formula is C21H27N3OS. The molecule has 1 saturated heterocycles. The molecule has 4 rings (SSSR count). The van der Waals surface area contributed by atoms with Crippen LogP contribution in [0.25, 0.3) is 0 Å². The monoisotopic (exact) mass is 369 g/mol. The van der Waals surface area contributed by atoms with Crippen molar-refractivity contribution in [1.82, 2.24) is 9.88 Å². The molecule has 2 atom stereocenters. The zero-order chi connectivity index (χ0) is 18.1. The van der Waals surface area contributed by atoms with Crippen LogP contribution >= 0.6 is 11.3 Å². The quantitative estimate of drug-likeness (QED) is 0.871. The van der Waals surface area contributed by atoms with Crippen LogP contribution in [0.3, 0.4) is 0 Å². The molecule has 2 unspecified atom stereocenters. The van der Waals surface area contributed by atoms with E-state index in [4.69, 9.17) is 0 Å². The minimum atomic E-state index is -0.0548. The topological polar surface area (TPSA) is 45.2 Å². The summed E-state index contributed by atoms with van der Waals surface area (Å²) in [5.74, 6) is 1.44. The van der Waals surface area contributed by atoms with Gasteiger partial charge in [0, 0.05) is 30.6 Å². The summed E-state index contributed by atoms with van der Waals surface area (Å²) in [6.07, 6.45) is 4.74. The van der Waals surface area contributed by atoms with Crippen molar-refractivity contribution in [1.29, 1.82) is 0 Å². The minimum Gasteiger partial charge on any atom is -0.298 e. The third-order valence-electron chi connectivity index (χ3n) is 5.46. The highest BCUT2D eigenvalue weighted by Gasteiger charge is 2.22. The number of benzene rings is 1. The molecule has 1 aromatic heterocycles. The van der Waals surface area contributed by atoms with Gasteiger partial charge in [-0.2, -0.15) is 0 Å². The predicted molar refractivity (Wildman–Crippen MR) is 107 cm³/mol. The summed E-state index contributed by atoms with van der Waals surface area (Å²) in [4.78, 5) is 19.7. The number of aromatic nitrogens is 1. The van der Waals surface area contributed by atoms with Gasteiger partial charge in [0.1, 0.15) is 0 Å². The molecule has 5 heteroatoms. The van der Waals surface area contributed by atoms with Gasteiger partial charge in [-0.05, 0) is 60.8 Å². The highest BCUT2D eigenvalue weighted by molar-refractivity contribution is 7.13. The van der Waals surface area contributed by atoms with E-state index in [0.717, 1.165) is 55.6 Å². The Morgan fingerprint density at radius 1 is 1.23 bits per heavy atom. The Morgan fingerprint density at radius 3 is 2.81 bits per heavy atom. The number of thiazole rings is 1. The number of piperidine rings is 1. The lowest BCUT2D eigenvalue weighted by Gasteiger charge is -2.34. The zero-order valence-electron chi connectivity index (χ0n) is 15.6. The molecule has 1 aliphatic heterocycles. The van der Waals surface area contributed by atoms with E-state index in [1.165, 1.54) is 35.3 Å². The number of carbonyl (C=O) groups is 1.